The zero-order chi connectivity index (χ0) is 28.0. The lowest BCUT2D eigenvalue weighted by Crippen LogP contribution is -2.21. The summed E-state index contributed by atoms with van der Waals surface area (Å²) >= 11 is 0. The van der Waals surface area contributed by atoms with Crippen molar-refractivity contribution in [2.24, 2.45) is 11.8 Å². The number of ether oxygens (including phenoxy) is 1. The minimum atomic E-state index is 0.739. The Morgan fingerprint density at radius 2 is 1.31 bits per heavy atom. The van der Waals surface area contributed by atoms with Crippen LogP contribution >= 0.6 is 0 Å². The Hall–Kier alpha value is -1.59. The van der Waals surface area contributed by atoms with Crippen molar-refractivity contribution in [3.63, 3.8) is 0 Å². The van der Waals surface area contributed by atoms with Crippen LogP contribution in [0.2, 0.25) is 6.04 Å². The van der Waals surface area contributed by atoms with E-state index in [4.69, 9.17) is 4.74 Å². The smallest absolute Gasteiger partial charge is 0.111 e. The number of rotatable bonds is 24. The molecule has 0 saturated carbocycles. The van der Waals surface area contributed by atoms with E-state index in [0.717, 1.165) is 70.5 Å². The second-order valence-corrected chi connectivity index (χ2v) is 13.0. The van der Waals surface area contributed by atoms with Gasteiger partial charge in [-0.1, -0.05) is 117 Å². The summed E-state index contributed by atoms with van der Waals surface area (Å²) in [7, 11) is 0.739. The molecule has 2 atom stereocenters. The van der Waals surface area contributed by atoms with Crippen molar-refractivity contribution in [3.05, 3.63) is 36.0 Å². The maximum absolute atomic E-state index is 5.75. The first-order valence-electron chi connectivity index (χ1n) is 16.2. The van der Waals surface area contributed by atoms with Gasteiger partial charge in [-0.25, -0.2) is 0 Å². The molecule has 2 unspecified atom stereocenters. The molecule has 0 amide bonds. The van der Waals surface area contributed by atoms with Crippen molar-refractivity contribution in [3.8, 4) is 11.4 Å². The summed E-state index contributed by atoms with van der Waals surface area (Å²) in [4.78, 5) is 4.66. The number of aryl methyl sites for hydroxylation is 1. The Bertz CT molecular complexity index is 827. The van der Waals surface area contributed by atoms with Gasteiger partial charge in [-0.05, 0) is 61.3 Å². The Kier molecular flexibility index (Phi) is 19.1. The highest BCUT2D eigenvalue weighted by Gasteiger charge is 2.08. The quantitative estimate of drug-likeness (QED) is 0.0964. The van der Waals surface area contributed by atoms with Gasteiger partial charge >= 0.3 is 0 Å². The van der Waals surface area contributed by atoms with E-state index < -0.39 is 0 Å². The van der Waals surface area contributed by atoms with E-state index in [1.54, 1.807) is 0 Å². The van der Waals surface area contributed by atoms with E-state index in [1.165, 1.54) is 95.1 Å². The number of hydrogen-bond acceptors (Lipinski definition) is 4. The summed E-state index contributed by atoms with van der Waals surface area (Å²) in [5.74, 6) is 1.67. The lowest BCUT2D eigenvalue weighted by molar-refractivity contribution is 0.126. The van der Waals surface area contributed by atoms with Crippen LogP contribution in [0.15, 0.2) is 30.5 Å². The standard InChI is InChI=1S/C34H57N3OSi/c1-5-7-9-15-25-38-26-16-14-20-31-21-22-32(35-27-31)33-23-24-34(37-36-33)39-28-30(4)19-13-10-12-18-29(3)17-11-8-6-2/h21-24,27,29-30H,5-20,25-26,28H2,1-4H3. The molecule has 218 valence electrons. The van der Waals surface area contributed by atoms with Gasteiger partial charge in [0.1, 0.15) is 15.2 Å². The summed E-state index contributed by atoms with van der Waals surface area (Å²) in [5, 5.41) is 10.1. The van der Waals surface area contributed by atoms with Gasteiger partial charge < -0.3 is 4.74 Å². The van der Waals surface area contributed by atoms with Gasteiger partial charge in [0.15, 0.2) is 0 Å². The topological polar surface area (TPSA) is 47.9 Å². The van der Waals surface area contributed by atoms with E-state index in [1.807, 2.05) is 6.20 Å². The second-order valence-electron chi connectivity index (χ2n) is 11.7. The predicted octanol–water partition coefficient (Wildman–Crippen LogP) is 9.01. The lowest BCUT2D eigenvalue weighted by atomic mass is 9.96. The van der Waals surface area contributed by atoms with Gasteiger partial charge in [0.2, 0.25) is 0 Å². The number of hydrogen-bond donors (Lipinski definition) is 0. The molecule has 4 nitrogen and oxygen atoms in total. The fraction of sp³-hybridized carbons (Fsp3) is 0.735. The average molecular weight is 552 g/mol. The summed E-state index contributed by atoms with van der Waals surface area (Å²) < 4.78 is 5.75. The zero-order valence-electron chi connectivity index (χ0n) is 25.7. The second kappa shape index (κ2) is 22.1. The van der Waals surface area contributed by atoms with Gasteiger partial charge in [-0.3, -0.25) is 4.98 Å². The molecule has 0 aliphatic heterocycles. The number of unbranched alkanes of at least 4 members (excludes halogenated alkanes) is 8. The highest BCUT2D eigenvalue weighted by atomic mass is 28.2. The molecule has 0 fully saturated rings. The molecule has 2 rings (SSSR count). The normalized spacial score (nSPS) is 13.0. The minimum absolute atomic E-state index is 0.739. The molecule has 2 aromatic heterocycles. The van der Waals surface area contributed by atoms with Crippen molar-refractivity contribution in [1.29, 1.82) is 0 Å². The molecule has 0 saturated heterocycles. The molecular formula is C34H57N3OSi. The van der Waals surface area contributed by atoms with Crippen molar-refractivity contribution >= 4 is 14.8 Å². The predicted molar refractivity (Wildman–Crippen MR) is 169 cm³/mol. The maximum Gasteiger partial charge on any atom is 0.111 e. The van der Waals surface area contributed by atoms with Crippen LogP contribution in [0.25, 0.3) is 11.4 Å². The average Bonchev–Trinajstić information content (AvgIpc) is 2.96. The van der Waals surface area contributed by atoms with Gasteiger partial charge in [0, 0.05) is 24.7 Å². The molecule has 2 heterocycles. The molecule has 0 aromatic carbocycles. The van der Waals surface area contributed by atoms with Crippen LogP contribution < -0.4 is 5.32 Å². The van der Waals surface area contributed by atoms with Crippen molar-refractivity contribution in [2.75, 3.05) is 13.2 Å². The van der Waals surface area contributed by atoms with Crippen molar-refractivity contribution in [2.45, 2.75) is 136 Å². The summed E-state index contributed by atoms with van der Waals surface area (Å²) in [6.07, 6.45) is 22.9. The molecule has 2 radical (unpaired) electrons. The van der Waals surface area contributed by atoms with Crippen LogP contribution in [0.1, 0.15) is 130 Å². The van der Waals surface area contributed by atoms with Crippen molar-refractivity contribution < 1.29 is 4.74 Å². The number of aromatic nitrogens is 3. The van der Waals surface area contributed by atoms with Crippen LogP contribution in [0.4, 0.5) is 0 Å². The third kappa shape index (κ3) is 16.3. The molecule has 39 heavy (non-hydrogen) atoms. The minimum Gasteiger partial charge on any atom is -0.381 e. The van der Waals surface area contributed by atoms with E-state index in [2.05, 4.69) is 67.1 Å². The fourth-order valence-corrected chi connectivity index (χ4v) is 6.07. The number of pyridine rings is 1. The highest BCUT2D eigenvalue weighted by molar-refractivity contribution is 6.52. The Balaban J connectivity index is 1.57. The Labute approximate surface area is 243 Å². The summed E-state index contributed by atoms with van der Waals surface area (Å²) in [6.45, 7) is 11.2. The monoisotopic (exact) mass is 551 g/mol. The van der Waals surface area contributed by atoms with Crippen LogP contribution in [-0.4, -0.2) is 37.9 Å². The molecule has 5 heteroatoms. The molecule has 0 aliphatic rings. The van der Waals surface area contributed by atoms with Gasteiger partial charge in [0.05, 0.1) is 5.69 Å². The van der Waals surface area contributed by atoms with E-state index in [9.17, 15) is 0 Å². The summed E-state index contributed by atoms with van der Waals surface area (Å²) in [6, 6.07) is 9.71. The number of nitrogens with zero attached hydrogens (tertiary/aromatic N) is 3. The maximum atomic E-state index is 5.75. The van der Waals surface area contributed by atoms with Crippen LogP contribution in [0.3, 0.4) is 0 Å². The van der Waals surface area contributed by atoms with E-state index >= 15 is 0 Å². The third-order valence-electron chi connectivity index (χ3n) is 7.72. The first-order valence-corrected chi connectivity index (χ1v) is 17.4. The van der Waals surface area contributed by atoms with Gasteiger partial charge in [-0.2, -0.15) is 5.10 Å². The highest BCUT2D eigenvalue weighted by Crippen LogP contribution is 2.19. The first kappa shape index (κ1) is 33.6. The molecule has 2 aromatic rings. The molecule has 0 bridgehead atoms. The fourth-order valence-electron chi connectivity index (χ4n) is 4.98. The lowest BCUT2D eigenvalue weighted by Gasteiger charge is -2.12. The molecule has 0 N–H and O–H groups in total. The van der Waals surface area contributed by atoms with Crippen LogP contribution in [0.5, 0.6) is 0 Å². The molecule has 0 spiro atoms. The van der Waals surface area contributed by atoms with Crippen LogP contribution in [0, 0.1) is 11.8 Å². The van der Waals surface area contributed by atoms with Gasteiger partial charge in [-0.15, -0.1) is 5.10 Å². The van der Waals surface area contributed by atoms with E-state index in [0.29, 0.717) is 0 Å². The Morgan fingerprint density at radius 1 is 0.667 bits per heavy atom. The largest absolute Gasteiger partial charge is 0.381 e. The van der Waals surface area contributed by atoms with Gasteiger partial charge in [0.25, 0.3) is 0 Å². The third-order valence-corrected chi connectivity index (χ3v) is 9.25. The van der Waals surface area contributed by atoms with Crippen LogP contribution in [-0.2, 0) is 11.2 Å². The molecular weight excluding hydrogens is 494 g/mol. The van der Waals surface area contributed by atoms with E-state index in [-0.39, 0.29) is 0 Å². The first-order chi connectivity index (χ1) is 19.1. The summed E-state index contributed by atoms with van der Waals surface area (Å²) in [5.41, 5.74) is 3.05. The van der Waals surface area contributed by atoms with Crippen molar-refractivity contribution in [1.82, 2.24) is 15.2 Å². The zero-order valence-corrected chi connectivity index (χ0v) is 26.7. The SMILES string of the molecule is CCCCCCOCCCCc1ccc(-c2ccc([Si]CC(C)CCCCCC(C)CCCCC)nn2)nc1. The Morgan fingerprint density at radius 3 is 1.97 bits per heavy atom. The molecule has 0 aliphatic carbocycles.